The highest BCUT2D eigenvalue weighted by Crippen LogP contribution is 2.24. The Hall–Kier alpha value is -1.75. The van der Waals surface area contributed by atoms with Crippen LogP contribution in [0, 0.1) is 0 Å². The summed E-state index contributed by atoms with van der Waals surface area (Å²) >= 11 is 1.74. The molecule has 0 aliphatic carbocycles. The van der Waals surface area contributed by atoms with Crippen molar-refractivity contribution in [3.8, 4) is 0 Å². The van der Waals surface area contributed by atoms with Gasteiger partial charge in [-0.3, -0.25) is 4.79 Å². The molecule has 0 bridgehead atoms. The lowest BCUT2D eigenvalue weighted by molar-refractivity contribution is 0.0941. The minimum absolute atomic E-state index is 0.0535. The number of fused-ring (bicyclic) bond motifs is 1. The lowest BCUT2D eigenvalue weighted by Crippen LogP contribution is -2.36. The second-order valence-electron chi connectivity index (χ2n) is 4.85. The molecule has 1 heterocycles. The molecule has 0 saturated carbocycles. The molecule has 0 aliphatic heterocycles. The smallest absolute Gasteiger partial charge is 0.253 e. The van der Waals surface area contributed by atoms with Gasteiger partial charge in [-0.1, -0.05) is 31.2 Å². The Morgan fingerprint density at radius 3 is 2.67 bits per heavy atom. The van der Waals surface area contributed by atoms with Crippen LogP contribution in [0.4, 0.5) is 5.82 Å². The Morgan fingerprint density at radius 2 is 2.05 bits per heavy atom. The highest BCUT2D eigenvalue weighted by Gasteiger charge is 2.16. The summed E-state index contributed by atoms with van der Waals surface area (Å²) in [6, 6.07) is 8.02. The van der Waals surface area contributed by atoms with Gasteiger partial charge in [-0.2, -0.15) is 11.8 Å². The summed E-state index contributed by atoms with van der Waals surface area (Å²) in [5, 5.41) is 8.04. The van der Waals surface area contributed by atoms with Crippen molar-refractivity contribution in [2.75, 3.05) is 24.4 Å². The number of carbonyl (C=O) groups excluding carboxylic acids is 1. The fourth-order valence-electron chi connectivity index (χ4n) is 2.30. The number of anilines is 1. The van der Waals surface area contributed by atoms with Crippen LogP contribution in [0.3, 0.4) is 0 Å². The van der Waals surface area contributed by atoms with E-state index in [9.17, 15) is 4.79 Å². The van der Waals surface area contributed by atoms with E-state index in [1.807, 2.05) is 37.6 Å². The minimum atomic E-state index is -0.0535. The standard InChI is InChI=1S/C16H21N3OS/c1-4-11(10-21-3)19-16(20)14-9-18-15(17-2)13-8-6-5-7-12(13)14/h5-9,11H,4,10H2,1-3H3,(H,17,18)(H,19,20). The number of amides is 1. The zero-order valence-electron chi connectivity index (χ0n) is 12.6. The molecule has 0 spiro atoms. The number of thioether (sulfide) groups is 1. The molecular formula is C16H21N3OS. The van der Waals surface area contributed by atoms with E-state index in [1.165, 1.54) is 0 Å². The Bertz CT molecular complexity index is 630. The number of carbonyl (C=O) groups is 1. The highest BCUT2D eigenvalue weighted by molar-refractivity contribution is 7.98. The van der Waals surface area contributed by atoms with Gasteiger partial charge in [0.25, 0.3) is 5.91 Å². The predicted octanol–water partition coefficient (Wildman–Crippen LogP) is 3.15. The van der Waals surface area contributed by atoms with E-state index in [0.717, 1.165) is 28.8 Å². The van der Waals surface area contributed by atoms with E-state index in [2.05, 4.69) is 22.5 Å². The van der Waals surface area contributed by atoms with Crippen molar-refractivity contribution in [1.29, 1.82) is 0 Å². The summed E-state index contributed by atoms with van der Waals surface area (Å²) in [7, 11) is 1.83. The van der Waals surface area contributed by atoms with Crippen molar-refractivity contribution in [2.45, 2.75) is 19.4 Å². The molecule has 5 heteroatoms. The van der Waals surface area contributed by atoms with Crippen molar-refractivity contribution < 1.29 is 4.79 Å². The van der Waals surface area contributed by atoms with E-state index >= 15 is 0 Å². The van der Waals surface area contributed by atoms with E-state index in [-0.39, 0.29) is 11.9 Å². The van der Waals surface area contributed by atoms with Crippen molar-refractivity contribution in [3.63, 3.8) is 0 Å². The lowest BCUT2D eigenvalue weighted by Gasteiger charge is -2.17. The van der Waals surface area contributed by atoms with Gasteiger partial charge in [0.15, 0.2) is 0 Å². The molecule has 21 heavy (non-hydrogen) atoms. The molecule has 112 valence electrons. The zero-order valence-corrected chi connectivity index (χ0v) is 13.5. The van der Waals surface area contributed by atoms with Crippen LogP contribution in [0.5, 0.6) is 0 Å². The maximum absolute atomic E-state index is 12.5. The number of aromatic nitrogens is 1. The summed E-state index contributed by atoms with van der Waals surface area (Å²) in [4.78, 5) is 16.9. The molecule has 1 amide bonds. The number of rotatable bonds is 6. The number of benzene rings is 1. The average molecular weight is 303 g/mol. The van der Waals surface area contributed by atoms with Crippen LogP contribution < -0.4 is 10.6 Å². The Labute approximate surface area is 129 Å². The molecule has 2 rings (SSSR count). The molecule has 0 aliphatic rings. The minimum Gasteiger partial charge on any atom is -0.373 e. The number of pyridine rings is 1. The molecule has 1 aromatic carbocycles. The molecule has 1 aromatic heterocycles. The summed E-state index contributed by atoms with van der Waals surface area (Å²) in [5.41, 5.74) is 0.629. The zero-order chi connectivity index (χ0) is 15.2. The van der Waals surface area contributed by atoms with Gasteiger partial charge in [0.05, 0.1) is 5.56 Å². The third-order valence-corrected chi connectivity index (χ3v) is 4.21. The number of nitrogens with zero attached hydrogens (tertiary/aromatic N) is 1. The Balaban J connectivity index is 2.36. The van der Waals surface area contributed by atoms with Crippen molar-refractivity contribution in [1.82, 2.24) is 10.3 Å². The molecule has 1 unspecified atom stereocenters. The second kappa shape index (κ2) is 7.31. The Kier molecular flexibility index (Phi) is 5.44. The van der Waals surface area contributed by atoms with Gasteiger partial charge in [-0.05, 0) is 18.1 Å². The molecule has 4 nitrogen and oxygen atoms in total. The first kappa shape index (κ1) is 15.6. The number of hydrogen-bond acceptors (Lipinski definition) is 4. The van der Waals surface area contributed by atoms with Crippen molar-refractivity contribution in [2.24, 2.45) is 0 Å². The van der Waals surface area contributed by atoms with E-state index in [4.69, 9.17) is 0 Å². The second-order valence-corrected chi connectivity index (χ2v) is 5.76. The summed E-state index contributed by atoms with van der Waals surface area (Å²) in [6.07, 6.45) is 4.62. The monoisotopic (exact) mass is 303 g/mol. The SMILES string of the molecule is CCC(CSC)NC(=O)c1cnc(NC)c2ccccc12. The molecule has 1 atom stereocenters. The maximum atomic E-state index is 12.5. The van der Waals surface area contributed by atoms with Crippen LogP contribution in [-0.4, -0.2) is 36.0 Å². The fourth-order valence-corrected chi connectivity index (χ4v) is 3.02. The van der Waals surface area contributed by atoms with E-state index in [1.54, 1.807) is 18.0 Å². The van der Waals surface area contributed by atoms with Gasteiger partial charge in [0, 0.05) is 30.4 Å². The van der Waals surface area contributed by atoms with Gasteiger partial charge < -0.3 is 10.6 Å². The topological polar surface area (TPSA) is 54.0 Å². The largest absolute Gasteiger partial charge is 0.373 e. The maximum Gasteiger partial charge on any atom is 0.253 e. The van der Waals surface area contributed by atoms with Crippen molar-refractivity contribution in [3.05, 3.63) is 36.0 Å². The van der Waals surface area contributed by atoms with Crippen LogP contribution in [0.1, 0.15) is 23.7 Å². The quantitative estimate of drug-likeness (QED) is 0.861. The number of nitrogens with one attached hydrogen (secondary N) is 2. The Morgan fingerprint density at radius 1 is 1.33 bits per heavy atom. The average Bonchev–Trinajstić information content (AvgIpc) is 2.53. The van der Waals surface area contributed by atoms with Crippen LogP contribution in [-0.2, 0) is 0 Å². The summed E-state index contributed by atoms with van der Waals surface area (Å²) in [6.45, 7) is 2.08. The molecule has 0 fully saturated rings. The number of hydrogen-bond donors (Lipinski definition) is 2. The van der Waals surface area contributed by atoms with Crippen LogP contribution >= 0.6 is 11.8 Å². The predicted molar refractivity (Wildman–Crippen MR) is 91.2 cm³/mol. The first-order valence-electron chi connectivity index (χ1n) is 7.06. The third kappa shape index (κ3) is 3.47. The highest BCUT2D eigenvalue weighted by atomic mass is 32.2. The fraction of sp³-hybridized carbons (Fsp3) is 0.375. The van der Waals surface area contributed by atoms with Crippen LogP contribution in [0.2, 0.25) is 0 Å². The summed E-state index contributed by atoms with van der Waals surface area (Å²) in [5.74, 6) is 1.66. The molecule has 2 aromatic rings. The van der Waals surface area contributed by atoms with Gasteiger partial charge in [-0.15, -0.1) is 0 Å². The van der Waals surface area contributed by atoms with Gasteiger partial charge in [0.2, 0.25) is 0 Å². The first-order chi connectivity index (χ1) is 10.2. The van der Waals surface area contributed by atoms with Crippen molar-refractivity contribution >= 4 is 34.3 Å². The summed E-state index contributed by atoms with van der Waals surface area (Å²) < 4.78 is 0. The molecule has 0 radical (unpaired) electrons. The normalized spacial score (nSPS) is 12.1. The van der Waals surface area contributed by atoms with Gasteiger partial charge in [-0.25, -0.2) is 4.98 Å². The molecule has 2 N–H and O–H groups in total. The third-order valence-electron chi connectivity index (χ3n) is 3.47. The lowest BCUT2D eigenvalue weighted by atomic mass is 10.1. The van der Waals surface area contributed by atoms with Crippen LogP contribution in [0.15, 0.2) is 30.5 Å². The van der Waals surface area contributed by atoms with Gasteiger partial charge >= 0.3 is 0 Å². The molecule has 0 saturated heterocycles. The van der Waals surface area contributed by atoms with E-state index < -0.39 is 0 Å². The molecular weight excluding hydrogens is 282 g/mol. The first-order valence-corrected chi connectivity index (χ1v) is 8.46. The van der Waals surface area contributed by atoms with Gasteiger partial charge in [0.1, 0.15) is 5.82 Å². The van der Waals surface area contributed by atoms with E-state index in [0.29, 0.717) is 5.56 Å². The van der Waals surface area contributed by atoms with Crippen LogP contribution in [0.25, 0.3) is 10.8 Å².